The number of hydrogen-bond donors (Lipinski definition) is 0. The fourth-order valence-corrected chi connectivity index (χ4v) is 1.90. The first-order valence-corrected chi connectivity index (χ1v) is 5.78. The lowest BCUT2D eigenvalue weighted by atomic mass is 10.2. The lowest BCUT2D eigenvalue weighted by Gasteiger charge is -2.07. The standard InChI is InChI=1S/C12H12ClN3O2/c1-8-9(2)15(7-14-8)6-10-3-4-11(16(17)18)5-12(10)13/h3-5,7H,6H2,1-2H3. The number of halogens is 1. The molecule has 6 heteroatoms. The van der Waals surface area contributed by atoms with Gasteiger partial charge >= 0.3 is 0 Å². The largest absolute Gasteiger partial charge is 0.330 e. The van der Waals surface area contributed by atoms with Gasteiger partial charge in [0.1, 0.15) is 0 Å². The van der Waals surface area contributed by atoms with Gasteiger partial charge in [-0.05, 0) is 25.5 Å². The summed E-state index contributed by atoms with van der Waals surface area (Å²) in [5.41, 5.74) is 2.86. The summed E-state index contributed by atoms with van der Waals surface area (Å²) in [6, 6.07) is 4.51. The fraction of sp³-hybridized carbons (Fsp3) is 0.250. The molecule has 0 saturated carbocycles. The zero-order chi connectivity index (χ0) is 13.3. The van der Waals surface area contributed by atoms with E-state index in [4.69, 9.17) is 11.6 Å². The van der Waals surface area contributed by atoms with E-state index in [0.717, 1.165) is 17.0 Å². The second-order valence-corrected chi connectivity index (χ2v) is 4.48. The summed E-state index contributed by atoms with van der Waals surface area (Å²) in [7, 11) is 0. The van der Waals surface area contributed by atoms with Crippen molar-refractivity contribution in [2.75, 3.05) is 0 Å². The SMILES string of the molecule is Cc1ncn(Cc2ccc([N+](=O)[O-])cc2Cl)c1C. The minimum absolute atomic E-state index is 0.00211. The Morgan fingerprint density at radius 3 is 2.67 bits per heavy atom. The first-order chi connectivity index (χ1) is 8.49. The summed E-state index contributed by atoms with van der Waals surface area (Å²) in [5.74, 6) is 0. The Hall–Kier alpha value is -1.88. The van der Waals surface area contributed by atoms with Gasteiger partial charge in [0.2, 0.25) is 0 Å². The molecule has 18 heavy (non-hydrogen) atoms. The van der Waals surface area contributed by atoms with E-state index in [1.807, 2.05) is 18.4 Å². The second-order valence-electron chi connectivity index (χ2n) is 4.08. The molecule has 2 aromatic rings. The van der Waals surface area contributed by atoms with Crippen molar-refractivity contribution in [1.29, 1.82) is 0 Å². The highest BCUT2D eigenvalue weighted by atomic mass is 35.5. The molecule has 1 aromatic heterocycles. The molecule has 5 nitrogen and oxygen atoms in total. The zero-order valence-corrected chi connectivity index (χ0v) is 10.8. The van der Waals surface area contributed by atoms with Crippen LogP contribution in [0.1, 0.15) is 17.0 Å². The van der Waals surface area contributed by atoms with Crippen molar-refractivity contribution < 1.29 is 4.92 Å². The number of nitro benzene ring substituents is 1. The maximum atomic E-state index is 10.6. The highest BCUT2D eigenvalue weighted by molar-refractivity contribution is 6.31. The molecule has 1 heterocycles. The van der Waals surface area contributed by atoms with Crippen molar-refractivity contribution in [2.24, 2.45) is 0 Å². The Morgan fingerprint density at radius 2 is 2.17 bits per heavy atom. The van der Waals surface area contributed by atoms with Crippen LogP contribution >= 0.6 is 11.6 Å². The number of non-ortho nitro benzene ring substituents is 1. The van der Waals surface area contributed by atoms with Gasteiger partial charge in [-0.1, -0.05) is 11.6 Å². The van der Waals surface area contributed by atoms with E-state index in [0.29, 0.717) is 11.6 Å². The molecule has 2 rings (SSSR count). The number of aryl methyl sites for hydroxylation is 1. The quantitative estimate of drug-likeness (QED) is 0.633. The number of benzene rings is 1. The normalized spacial score (nSPS) is 10.6. The summed E-state index contributed by atoms with van der Waals surface area (Å²) in [6.45, 7) is 4.47. The predicted octanol–water partition coefficient (Wildman–Crippen LogP) is 3.11. The Balaban J connectivity index is 2.30. The average molecular weight is 266 g/mol. The smallest absolute Gasteiger partial charge is 0.270 e. The molecule has 94 valence electrons. The van der Waals surface area contributed by atoms with Gasteiger partial charge in [-0.3, -0.25) is 10.1 Å². The number of hydrogen-bond acceptors (Lipinski definition) is 3. The summed E-state index contributed by atoms with van der Waals surface area (Å²) < 4.78 is 1.96. The van der Waals surface area contributed by atoms with E-state index in [2.05, 4.69) is 4.98 Å². The maximum absolute atomic E-state index is 10.6. The van der Waals surface area contributed by atoms with Crippen molar-refractivity contribution in [2.45, 2.75) is 20.4 Å². The first-order valence-electron chi connectivity index (χ1n) is 5.40. The Morgan fingerprint density at radius 1 is 1.44 bits per heavy atom. The molecule has 0 fully saturated rings. The maximum Gasteiger partial charge on any atom is 0.270 e. The Bertz CT molecular complexity index is 607. The molecule has 0 radical (unpaired) electrons. The molecule has 0 atom stereocenters. The van der Waals surface area contributed by atoms with E-state index < -0.39 is 4.92 Å². The third-order valence-electron chi connectivity index (χ3n) is 2.93. The van der Waals surface area contributed by atoms with Crippen LogP contribution in [0.3, 0.4) is 0 Å². The van der Waals surface area contributed by atoms with E-state index in [-0.39, 0.29) is 5.69 Å². The molecule has 0 aliphatic carbocycles. The van der Waals surface area contributed by atoms with E-state index >= 15 is 0 Å². The molecule has 0 amide bonds. The lowest BCUT2D eigenvalue weighted by Crippen LogP contribution is -2.01. The van der Waals surface area contributed by atoms with Gasteiger partial charge in [0.15, 0.2) is 0 Å². The van der Waals surface area contributed by atoms with Gasteiger partial charge in [-0.25, -0.2) is 4.98 Å². The van der Waals surface area contributed by atoms with Crippen LogP contribution in [-0.4, -0.2) is 14.5 Å². The molecule has 1 aromatic carbocycles. The van der Waals surface area contributed by atoms with Crippen molar-refractivity contribution in [3.63, 3.8) is 0 Å². The molecule has 0 unspecified atom stereocenters. The summed E-state index contributed by atoms with van der Waals surface area (Å²) in [6.07, 6.45) is 1.74. The number of aromatic nitrogens is 2. The van der Waals surface area contributed by atoms with Gasteiger partial charge in [0.25, 0.3) is 5.69 Å². The van der Waals surface area contributed by atoms with Gasteiger partial charge < -0.3 is 4.57 Å². The van der Waals surface area contributed by atoms with E-state index in [1.165, 1.54) is 12.1 Å². The lowest BCUT2D eigenvalue weighted by molar-refractivity contribution is -0.384. The first kappa shape index (κ1) is 12.6. The third kappa shape index (κ3) is 2.36. The molecule has 0 spiro atoms. The predicted molar refractivity (Wildman–Crippen MR) is 68.9 cm³/mol. The topological polar surface area (TPSA) is 61.0 Å². The van der Waals surface area contributed by atoms with Gasteiger partial charge in [0.05, 0.1) is 28.5 Å². The van der Waals surface area contributed by atoms with Crippen molar-refractivity contribution in [3.05, 3.63) is 56.6 Å². The van der Waals surface area contributed by atoms with E-state index in [9.17, 15) is 10.1 Å². The van der Waals surface area contributed by atoms with Crippen molar-refractivity contribution in [3.8, 4) is 0 Å². The third-order valence-corrected chi connectivity index (χ3v) is 3.29. The highest BCUT2D eigenvalue weighted by Gasteiger charge is 2.10. The number of rotatable bonds is 3. The fourth-order valence-electron chi connectivity index (χ4n) is 1.67. The summed E-state index contributed by atoms with van der Waals surface area (Å²) >= 11 is 6.04. The molecule has 0 saturated heterocycles. The number of imidazole rings is 1. The highest BCUT2D eigenvalue weighted by Crippen LogP contribution is 2.23. The number of nitro groups is 1. The van der Waals surface area contributed by atoms with Gasteiger partial charge in [-0.15, -0.1) is 0 Å². The van der Waals surface area contributed by atoms with Crippen LogP contribution in [0.4, 0.5) is 5.69 Å². The Kier molecular flexibility index (Phi) is 3.34. The second kappa shape index (κ2) is 4.78. The van der Waals surface area contributed by atoms with Gasteiger partial charge in [-0.2, -0.15) is 0 Å². The van der Waals surface area contributed by atoms with Gasteiger partial charge in [0, 0.05) is 17.8 Å². The molecule has 0 aliphatic rings. The summed E-state index contributed by atoms with van der Waals surface area (Å²) in [5, 5.41) is 11.0. The van der Waals surface area contributed by atoms with E-state index in [1.54, 1.807) is 12.4 Å². The van der Waals surface area contributed by atoms with Crippen LogP contribution < -0.4 is 0 Å². The zero-order valence-electron chi connectivity index (χ0n) is 10.1. The van der Waals surface area contributed by atoms with Crippen LogP contribution in [-0.2, 0) is 6.54 Å². The molecule has 0 aliphatic heterocycles. The molecule has 0 N–H and O–H groups in total. The average Bonchev–Trinajstić information content (AvgIpc) is 2.63. The minimum Gasteiger partial charge on any atom is -0.330 e. The monoisotopic (exact) mass is 265 g/mol. The van der Waals surface area contributed by atoms with Crippen LogP contribution in [0, 0.1) is 24.0 Å². The van der Waals surface area contributed by atoms with Crippen LogP contribution in [0.5, 0.6) is 0 Å². The van der Waals surface area contributed by atoms with Crippen molar-refractivity contribution in [1.82, 2.24) is 9.55 Å². The minimum atomic E-state index is -0.456. The molecule has 0 bridgehead atoms. The number of nitrogens with zero attached hydrogens (tertiary/aromatic N) is 3. The van der Waals surface area contributed by atoms with Crippen LogP contribution in [0.2, 0.25) is 5.02 Å². The van der Waals surface area contributed by atoms with Crippen LogP contribution in [0.15, 0.2) is 24.5 Å². The Labute approximate surface area is 109 Å². The molecular formula is C12H12ClN3O2. The van der Waals surface area contributed by atoms with Crippen molar-refractivity contribution >= 4 is 17.3 Å². The molecular weight excluding hydrogens is 254 g/mol. The summed E-state index contributed by atoms with van der Waals surface area (Å²) in [4.78, 5) is 14.4. The van der Waals surface area contributed by atoms with Crippen LogP contribution in [0.25, 0.3) is 0 Å².